The second-order valence-corrected chi connectivity index (χ2v) is 8.25. The van der Waals surface area contributed by atoms with Gasteiger partial charge in [-0.05, 0) is 23.6 Å². The number of carbonyl (C=O) groups is 1. The minimum Gasteiger partial charge on any atom is -0.493 e. The quantitative estimate of drug-likeness (QED) is 0.391. The van der Waals surface area contributed by atoms with Gasteiger partial charge in [0, 0.05) is 12.1 Å². The van der Waals surface area contributed by atoms with Crippen LogP contribution < -0.4 is 20.3 Å². The number of hydrogen-bond acceptors (Lipinski definition) is 8. The molecule has 4 rings (SSSR count). The predicted molar refractivity (Wildman–Crippen MR) is 119 cm³/mol. The highest BCUT2D eigenvalue weighted by atomic mass is 32.2. The Bertz CT molecular complexity index is 1270. The Balaban J connectivity index is 1.45. The average molecular weight is 458 g/mol. The summed E-state index contributed by atoms with van der Waals surface area (Å²) in [6, 6.07) is 11.1. The maximum atomic E-state index is 12.4. The van der Waals surface area contributed by atoms with Gasteiger partial charge in [-0.3, -0.25) is 9.59 Å². The van der Waals surface area contributed by atoms with E-state index in [1.54, 1.807) is 26.4 Å². The lowest BCUT2D eigenvalue weighted by Crippen LogP contribution is -2.25. The number of ether oxygens (including phenoxy) is 2. The minimum absolute atomic E-state index is 0.106. The molecule has 0 saturated heterocycles. The molecule has 4 aromatic rings. The summed E-state index contributed by atoms with van der Waals surface area (Å²) < 4.78 is 12.1. The van der Waals surface area contributed by atoms with Gasteiger partial charge < -0.3 is 14.8 Å². The van der Waals surface area contributed by atoms with Gasteiger partial charge in [0.25, 0.3) is 5.56 Å². The summed E-state index contributed by atoms with van der Waals surface area (Å²) >= 11 is 2.72. The van der Waals surface area contributed by atoms with Crippen LogP contribution in [0.4, 0.5) is 0 Å². The van der Waals surface area contributed by atoms with Gasteiger partial charge in [-0.1, -0.05) is 30.0 Å². The second kappa shape index (κ2) is 9.23. The summed E-state index contributed by atoms with van der Waals surface area (Å²) in [6.45, 7) is 0.290. The summed E-state index contributed by atoms with van der Waals surface area (Å²) in [4.78, 5) is 25.5. The number of carbonyl (C=O) groups excluding carboxylic acids is 1. The number of H-pyrrole nitrogens is 1. The molecule has 0 aliphatic heterocycles. The van der Waals surface area contributed by atoms with Crippen molar-refractivity contribution in [3.63, 3.8) is 0 Å². The number of nitrogens with zero attached hydrogens (tertiary/aromatic N) is 3. The number of aromatic amines is 1. The van der Waals surface area contributed by atoms with Gasteiger partial charge in [0.15, 0.2) is 11.5 Å². The molecular weight excluding hydrogens is 438 g/mol. The number of amides is 1. The van der Waals surface area contributed by atoms with Crippen LogP contribution in [-0.2, 0) is 11.3 Å². The summed E-state index contributed by atoms with van der Waals surface area (Å²) in [5.41, 5.74) is 1.53. The molecule has 0 spiro atoms. The molecule has 0 aliphatic rings. The van der Waals surface area contributed by atoms with Crippen molar-refractivity contribution in [2.75, 3.05) is 20.0 Å². The van der Waals surface area contributed by atoms with Crippen LogP contribution >= 0.6 is 23.1 Å². The Hall–Kier alpha value is -3.31. The number of nitrogens with one attached hydrogen (secondary N) is 2. The Morgan fingerprint density at radius 3 is 2.87 bits per heavy atom. The van der Waals surface area contributed by atoms with Gasteiger partial charge in [-0.25, -0.2) is 9.61 Å². The van der Waals surface area contributed by atoms with Gasteiger partial charge in [0.05, 0.1) is 24.8 Å². The van der Waals surface area contributed by atoms with E-state index in [0.29, 0.717) is 34.4 Å². The summed E-state index contributed by atoms with van der Waals surface area (Å²) in [6.07, 6.45) is 0. The fourth-order valence-electron chi connectivity index (χ4n) is 3.00. The summed E-state index contributed by atoms with van der Waals surface area (Å²) in [5.74, 6) is 1.10. The van der Waals surface area contributed by atoms with Crippen LogP contribution in [0.3, 0.4) is 0 Å². The molecule has 31 heavy (non-hydrogen) atoms. The average Bonchev–Trinajstić information content (AvgIpc) is 3.47. The lowest BCUT2D eigenvalue weighted by atomic mass is 10.2. The topological polar surface area (TPSA) is 111 Å². The molecule has 0 unspecified atom stereocenters. The second-order valence-electron chi connectivity index (χ2n) is 6.36. The van der Waals surface area contributed by atoms with Gasteiger partial charge >= 0.3 is 0 Å². The van der Waals surface area contributed by atoms with Crippen LogP contribution in [0.2, 0.25) is 0 Å². The number of rotatable bonds is 8. The monoisotopic (exact) mass is 457 g/mol. The standard InChI is InChI=1S/C20H19N5O4S2/c1-28-15-6-3-5-12(18(15)29-2)10-21-17(26)11-31-20-23-22-19(27)14-9-13(24-25(14)20)16-7-4-8-30-16/h3-9H,10-11H2,1-2H3,(H,21,26)(H,22,27). The zero-order valence-corrected chi connectivity index (χ0v) is 18.4. The van der Waals surface area contributed by atoms with Crippen molar-refractivity contribution in [2.24, 2.45) is 0 Å². The van der Waals surface area contributed by atoms with E-state index in [1.807, 2.05) is 29.6 Å². The third-order valence-electron chi connectivity index (χ3n) is 4.44. The highest BCUT2D eigenvalue weighted by molar-refractivity contribution is 7.99. The number of thiophene rings is 1. The van der Waals surface area contributed by atoms with Crippen LogP contribution in [0.15, 0.2) is 51.7 Å². The number of para-hydroxylation sites is 1. The number of hydrogen-bond donors (Lipinski definition) is 2. The first-order chi connectivity index (χ1) is 15.1. The number of fused-ring (bicyclic) bond motifs is 1. The van der Waals surface area contributed by atoms with Crippen LogP contribution in [0.1, 0.15) is 5.56 Å². The third-order valence-corrected chi connectivity index (χ3v) is 6.26. The first-order valence-electron chi connectivity index (χ1n) is 9.22. The van der Waals surface area contributed by atoms with E-state index in [-0.39, 0.29) is 17.2 Å². The Morgan fingerprint density at radius 2 is 2.13 bits per heavy atom. The van der Waals surface area contributed by atoms with Gasteiger partial charge in [-0.2, -0.15) is 5.10 Å². The Kier molecular flexibility index (Phi) is 6.23. The fraction of sp³-hybridized carbons (Fsp3) is 0.200. The van der Waals surface area contributed by atoms with E-state index in [0.717, 1.165) is 10.4 Å². The number of benzene rings is 1. The van der Waals surface area contributed by atoms with Crippen molar-refractivity contribution in [1.82, 2.24) is 25.1 Å². The zero-order valence-electron chi connectivity index (χ0n) is 16.7. The molecule has 0 atom stereocenters. The largest absolute Gasteiger partial charge is 0.493 e. The normalized spacial score (nSPS) is 10.9. The molecule has 0 fully saturated rings. The van der Waals surface area contributed by atoms with Crippen molar-refractivity contribution in [2.45, 2.75) is 11.7 Å². The van der Waals surface area contributed by atoms with E-state index < -0.39 is 0 Å². The summed E-state index contributed by atoms with van der Waals surface area (Å²) in [5, 5.41) is 16.2. The van der Waals surface area contributed by atoms with Crippen molar-refractivity contribution in [3.05, 3.63) is 57.7 Å². The Morgan fingerprint density at radius 1 is 1.26 bits per heavy atom. The van der Waals surface area contributed by atoms with Gasteiger partial charge in [0.2, 0.25) is 11.1 Å². The van der Waals surface area contributed by atoms with Crippen LogP contribution in [-0.4, -0.2) is 45.7 Å². The van der Waals surface area contributed by atoms with E-state index in [9.17, 15) is 9.59 Å². The van der Waals surface area contributed by atoms with E-state index >= 15 is 0 Å². The zero-order chi connectivity index (χ0) is 21.8. The van der Waals surface area contributed by atoms with Crippen LogP contribution in [0.25, 0.3) is 16.1 Å². The molecular formula is C20H19N5O4S2. The summed E-state index contributed by atoms with van der Waals surface area (Å²) in [7, 11) is 3.12. The molecule has 1 aromatic carbocycles. The Labute approximate surface area is 185 Å². The lowest BCUT2D eigenvalue weighted by Gasteiger charge is -2.13. The highest BCUT2D eigenvalue weighted by Crippen LogP contribution is 2.30. The maximum Gasteiger partial charge on any atom is 0.290 e. The first-order valence-corrected chi connectivity index (χ1v) is 11.1. The van der Waals surface area contributed by atoms with E-state index in [1.165, 1.54) is 27.6 Å². The molecule has 9 nitrogen and oxygen atoms in total. The first kappa shape index (κ1) is 20.9. The van der Waals surface area contributed by atoms with Crippen LogP contribution in [0.5, 0.6) is 11.5 Å². The van der Waals surface area contributed by atoms with Crippen molar-refractivity contribution in [3.8, 4) is 22.1 Å². The molecule has 160 valence electrons. The molecule has 0 bridgehead atoms. The molecule has 0 saturated carbocycles. The molecule has 0 radical (unpaired) electrons. The van der Waals surface area contributed by atoms with Crippen molar-refractivity contribution >= 4 is 34.5 Å². The highest BCUT2D eigenvalue weighted by Gasteiger charge is 2.15. The number of thioether (sulfide) groups is 1. The minimum atomic E-state index is -0.339. The number of methoxy groups -OCH3 is 2. The van der Waals surface area contributed by atoms with Crippen molar-refractivity contribution < 1.29 is 14.3 Å². The van der Waals surface area contributed by atoms with Crippen molar-refractivity contribution in [1.29, 1.82) is 0 Å². The third kappa shape index (κ3) is 4.42. The predicted octanol–water partition coefficient (Wildman–Crippen LogP) is 2.57. The molecule has 2 N–H and O–H groups in total. The fourth-order valence-corrected chi connectivity index (χ4v) is 4.41. The van der Waals surface area contributed by atoms with Gasteiger partial charge in [-0.15, -0.1) is 16.4 Å². The molecule has 11 heteroatoms. The van der Waals surface area contributed by atoms with Gasteiger partial charge in [0.1, 0.15) is 11.2 Å². The van der Waals surface area contributed by atoms with E-state index in [4.69, 9.17) is 9.47 Å². The molecule has 3 heterocycles. The molecule has 0 aliphatic carbocycles. The molecule has 3 aromatic heterocycles. The number of aromatic nitrogens is 4. The maximum absolute atomic E-state index is 12.4. The SMILES string of the molecule is COc1cccc(CNC(=O)CSc2n[nH]c(=O)c3cc(-c4cccs4)nn23)c1OC. The van der Waals surface area contributed by atoms with E-state index in [2.05, 4.69) is 20.6 Å². The molecule has 1 amide bonds. The van der Waals surface area contributed by atoms with Crippen LogP contribution in [0, 0.1) is 0 Å². The lowest BCUT2D eigenvalue weighted by molar-refractivity contribution is -0.118. The smallest absolute Gasteiger partial charge is 0.290 e.